The molecule has 1 aromatic rings. The van der Waals surface area contributed by atoms with Crippen LogP contribution in [0, 0.1) is 0 Å². The molecule has 0 saturated carbocycles. The number of nitrogens with two attached hydrogens (primary N) is 1. The number of ether oxygens (including phenoxy) is 1. The van der Waals surface area contributed by atoms with E-state index in [-0.39, 0.29) is 16.6 Å². The quantitative estimate of drug-likeness (QED) is 0.770. The van der Waals surface area contributed by atoms with E-state index in [1.807, 2.05) is 32.9 Å². The first-order chi connectivity index (χ1) is 10.5. The summed E-state index contributed by atoms with van der Waals surface area (Å²) < 4.78 is 5.51. The molecule has 126 valence electrons. The molecular weight excluding hydrogens is 310 g/mol. The summed E-state index contributed by atoms with van der Waals surface area (Å²) in [5, 5.41) is 3.17. The number of nitrogens with one attached hydrogen (secondary N) is 1. The average molecular weight is 335 g/mol. The molecular formula is C17H25N3O2S. The molecule has 0 aliphatic carbocycles. The van der Waals surface area contributed by atoms with Crippen molar-refractivity contribution in [3.05, 3.63) is 29.3 Å². The number of thiocarbonyl (C=S) groups is 1. The third-order valence-electron chi connectivity index (χ3n) is 3.70. The summed E-state index contributed by atoms with van der Waals surface area (Å²) in [5.41, 5.74) is 8.02. The van der Waals surface area contributed by atoms with Gasteiger partial charge in [0.05, 0.1) is 0 Å². The molecule has 1 aliphatic heterocycles. The number of nitrogens with zero attached hydrogens (tertiary/aromatic N) is 1. The van der Waals surface area contributed by atoms with Crippen molar-refractivity contribution in [1.29, 1.82) is 0 Å². The average Bonchev–Trinajstić information content (AvgIpc) is 2.34. The second-order valence-electron chi connectivity index (χ2n) is 7.58. The molecule has 0 radical (unpaired) electrons. The third kappa shape index (κ3) is 4.34. The Bertz CT molecular complexity index is 635. The molecule has 0 fully saturated rings. The van der Waals surface area contributed by atoms with Gasteiger partial charge in [-0.25, -0.2) is 4.79 Å². The number of hydrogen-bond donors (Lipinski definition) is 2. The van der Waals surface area contributed by atoms with Crippen molar-refractivity contribution < 1.29 is 9.53 Å². The SMILES string of the molecule is CC(C)(C)OC(=O)N1Cc2cc(NC(N)=S)ccc2C(C)(C)C1. The van der Waals surface area contributed by atoms with Crippen molar-refractivity contribution in [2.24, 2.45) is 5.73 Å². The van der Waals surface area contributed by atoms with Crippen molar-refractivity contribution in [3.63, 3.8) is 0 Å². The number of carbonyl (C=O) groups excluding carboxylic acids is 1. The molecule has 0 unspecified atom stereocenters. The lowest BCUT2D eigenvalue weighted by Crippen LogP contribution is -2.46. The van der Waals surface area contributed by atoms with Crippen molar-refractivity contribution in [2.75, 3.05) is 11.9 Å². The minimum Gasteiger partial charge on any atom is -0.444 e. The summed E-state index contributed by atoms with van der Waals surface area (Å²) in [4.78, 5) is 14.2. The highest BCUT2D eigenvalue weighted by atomic mass is 32.1. The molecule has 23 heavy (non-hydrogen) atoms. The first-order valence-electron chi connectivity index (χ1n) is 7.66. The summed E-state index contributed by atoms with van der Waals surface area (Å²) in [5.74, 6) is 0. The Balaban J connectivity index is 2.29. The molecule has 1 heterocycles. The summed E-state index contributed by atoms with van der Waals surface area (Å²) in [6.07, 6.45) is -0.288. The third-order valence-corrected chi connectivity index (χ3v) is 3.80. The van der Waals surface area contributed by atoms with Crippen molar-refractivity contribution in [1.82, 2.24) is 4.90 Å². The molecule has 0 aromatic heterocycles. The molecule has 0 bridgehead atoms. The van der Waals surface area contributed by atoms with E-state index < -0.39 is 5.60 Å². The van der Waals surface area contributed by atoms with Gasteiger partial charge in [-0.2, -0.15) is 0 Å². The van der Waals surface area contributed by atoms with E-state index in [0.29, 0.717) is 13.1 Å². The Morgan fingerprint density at radius 2 is 2.04 bits per heavy atom. The molecule has 2 rings (SSSR count). The molecule has 1 aliphatic rings. The van der Waals surface area contributed by atoms with Crippen LogP contribution in [0.4, 0.5) is 10.5 Å². The highest BCUT2D eigenvalue weighted by Gasteiger charge is 2.35. The molecule has 0 atom stereocenters. The fourth-order valence-corrected chi connectivity index (χ4v) is 3.00. The van der Waals surface area contributed by atoms with Gasteiger partial charge in [-0.3, -0.25) is 0 Å². The molecule has 0 saturated heterocycles. The van der Waals surface area contributed by atoms with Gasteiger partial charge in [0, 0.05) is 24.2 Å². The van der Waals surface area contributed by atoms with Crippen LogP contribution < -0.4 is 11.1 Å². The van der Waals surface area contributed by atoms with E-state index >= 15 is 0 Å². The number of anilines is 1. The van der Waals surface area contributed by atoms with Crippen LogP contribution in [0.1, 0.15) is 45.7 Å². The molecule has 6 heteroatoms. The Morgan fingerprint density at radius 1 is 1.39 bits per heavy atom. The predicted molar refractivity (Wildman–Crippen MR) is 96.5 cm³/mol. The molecule has 3 N–H and O–H groups in total. The van der Waals surface area contributed by atoms with E-state index in [1.165, 1.54) is 5.56 Å². The summed E-state index contributed by atoms with van der Waals surface area (Å²) >= 11 is 4.88. The lowest BCUT2D eigenvalue weighted by molar-refractivity contribution is 0.0174. The van der Waals surface area contributed by atoms with E-state index in [2.05, 4.69) is 25.2 Å². The fourth-order valence-electron chi connectivity index (χ4n) is 2.88. The van der Waals surface area contributed by atoms with E-state index in [1.54, 1.807) is 4.90 Å². The van der Waals surface area contributed by atoms with Crippen LogP contribution in [0.5, 0.6) is 0 Å². The first kappa shape index (κ1) is 17.5. The number of benzene rings is 1. The van der Waals surface area contributed by atoms with Crippen molar-refractivity contribution in [2.45, 2.75) is 52.2 Å². The zero-order valence-electron chi connectivity index (χ0n) is 14.4. The number of amides is 1. The van der Waals surface area contributed by atoms with Gasteiger partial charge < -0.3 is 20.7 Å². The maximum Gasteiger partial charge on any atom is 0.410 e. The summed E-state index contributed by atoms with van der Waals surface area (Å²) in [6.45, 7) is 11.0. The lowest BCUT2D eigenvalue weighted by atomic mass is 9.78. The van der Waals surface area contributed by atoms with Crippen LogP contribution in [-0.2, 0) is 16.7 Å². The van der Waals surface area contributed by atoms with Gasteiger partial charge in [0.15, 0.2) is 5.11 Å². The van der Waals surface area contributed by atoms with Crippen LogP contribution in [-0.4, -0.2) is 28.3 Å². The minimum atomic E-state index is -0.503. The second-order valence-corrected chi connectivity index (χ2v) is 8.02. The fraction of sp³-hybridized carbons (Fsp3) is 0.529. The summed E-state index contributed by atoms with van der Waals surface area (Å²) in [7, 11) is 0. The molecule has 1 amide bonds. The van der Waals surface area contributed by atoms with E-state index in [0.717, 1.165) is 11.3 Å². The Hall–Kier alpha value is -1.82. The van der Waals surface area contributed by atoms with Crippen LogP contribution in [0.2, 0.25) is 0 Å². The monoisotopic (exact) mass is 335 g/mol. The van der Waals surface area contributed by atoms with E-state index in [4.69, 9.17) is 22.7 Å². The largest absolute Gasteiger partial charge is 0.444 e. The maximum atomic E-state index is 12.4. The maximum absolute atomic E-state index is 12.4. The second kappa shape index (κ2) is 6.00. The molecule has 0 spiro atoms. The van der Waals surface area contributed by atoms with Gasteiger partial charge in [-0.15, -0.1) is 0 Å². The molecule has 1 aromatic carbocycles. The minimum absolute atomic E-state index is 0.147. The normalized spacial score (nSPS) is 16.5. The van der Waals surface area contributed by atoms with Crippen LogP contribution in [0.3, 0.4) is 0 Å². The van der Waals surface area contributed by atoms with Gasteiger partial charge >= 0.3 is 6.09 Å². The van der Waals surface area contributed by atoms with Crippen molar-refractivity contribution in [3.8, 4) is 0 Å². The van der Waals surface area contributed by atoms with Crippen LogP contribution in [0.25, 0.3) is 0 Å². The highest BCUT2D eigenvalue weighted by Crippen LogP contribution is 2.35. The summed E-state index contributed by atoms with van der Waals surface area (Å²) in [6, 6.07) is 6.03. The van der Waals surface area contributed by atoms with Gasteiger partial charge in [0.2, 0.25) is 0 Å². The van der Waals surface area contributed by atoms with E-state index in [9.17, 15) is 4.79 Å². The first-order valence-corrected chi connectivity index (χ1v) is 8.06. The van der Waals surface area contributed by atoms with Gasteiger partial charge in [-0.1, -0.05) is 19.9 Å². The van der Waals surface area contributed by atoms with Crippen LogP contribution >= 0.6 is 12.2 Å². The topological polar surface area (TPSA) is 67.6 Å². The number of rotatable bonds is 1. The number of hydrogen-bond acceptors (Lipinski definition) is 3. The molecule has 5 nitrogen and oxygen atoms in total. The Kier molecular flexibility index (Phi) is 4.57. The number of fused-ring (bicyclic) bond motifs is 1. The zero-order chi connectivity index (χ0) is 17.4. The number of carbonyl (C=O) groups is 1. The van der Waals surface area contributed by atoms with Crippen molar-refractivity contribution >= 4 is 29.1 Å². The van der Waals surface area contributed by atoms with Gasteiger partial charge in [0.1, 0.15) is 5.60 Å². The smallest absolute Gasteiger partial charge is 0.410 e. The van der Waals surface area contributed by atoms with Gasteiger partial charge in [0.25, 0.3) is 0 Å². The zero-order valence-corrected chi connectivity index (χ0v) is 15.2. The highest BCUT2D eigenvalue weighted by molar-refractivity contribution is 7.80. The lowest BCUT2D eigenvalue weighted by Gasteiger charge is -2.40. The Labute approximate surface area is 143 Å². The predicted octanol–water partition coefficient (Wildman–Crippen LogP) is 3.37. The van der Waals surface area contributed by atoms with Gasteiger partial charge in [-0.05, 0) is 56.2 Å². The van der Waals surface area contributed by atoms with Crippen LogP contribution in [0.15, 0.2) is 18.2 Å². The Morgan fingerprint density at radius 3 is 2.61 bits per heavy atom. The standard InChI is InChI=1S/C17H25N3O2S/c1-16(2,3)22-15(21)20-9-11-8-12(19-14(18)23)6-7-13(11)17(4,5)10-20/h6-8H,9-10H2,1-5H3,(H3,18,19,23).